The molecule has 1 aromatic heterocycles. The average molecular weight is 255 g/mol. The van der Waals surface area contributed by atoms with Crippen LogP contribution < -0.4 is 5.32 Å². The van der Waals surface area contributed by atoms with Crippen LogP contribution in [0.5, 0.6) is 0 Å². The van der Waals surface area contributed by atoms with Crippen LogP contribution in [0.1, 0.15) is 25.6 Å². The summed E-state index contributed by atoms with van der Waals surface area (Å²) in [6, 6.07) is 0. The molecule has 2 heterocycles. The Morgan fingerprint density at radius 1 is 1.56 bits per heavy atom. The fourth-order valence-electron chi connectivity index (χ4n) is 2.06. The van der Waals surface area contributed by atoms with Crippen molar-refractivity contribution in [2.75, 3.05) is 26.9 Å². The summed E-state index contributed by atoms with van der Waals surface area (Å²) >= 11 is 0. The third-order valence-electron chi connectivity index (χ3n) is 3.25. The number of rotatable bonds is 7. The second kappa shape index (κ2) is 6.21. The maximum atomic E-state index is 5.59. The predicted molar refractivity (Wildman–Crippen MR) is 65.0 cm³/mol. The zero-order valence-corrected chi connectivity index (χ0v) is 11.1. The van der Waals surface area contributed by atoms with E-state index in [1.165, 1.54) is 0 Å². The normalized spacial score (nSPS) is 23.7. The van der Waals surface area contributed by atoms with Crippen LogP contribution in [0.3, 0.4) is 0 Å². The fourth-order valence-corrected chi connectivity index (χ4v) is 2.06. The lowest BCUT2D eigenvalue weighted by Crippen LogP contribution is -2.38. The highest BCUT2D eigenvalue weighted by atomic mass is 16.5. The Hall–Kier alpha value is -1.05. The Morgan fingerprint density at radius 3 is 3.11 bits per heavy atom. The van der Waals surface area contributed by atoms with Gasteiger partial charge in [-0.05, 0) is 23.4 Å². The van der Waals surface area contributed by atoms with E-state index in [2.05, 4.69) is 27.8 Å². The summed E-state index contributed by atoms with van der Waals surface area (Å²) in [6.45, 7) is 5.75. The number of ether oxygens (including phenoxy) is 2. The van der Waals surface area contributed by atoms with Gasteiger partial charge in [-0.25, -0.2) is 4.68 Å². The van der Waals surface area contributed by atoms with Gasteiger partial charge in [0.25, 0.3) is 0 Å². The Kier molecular flexibility index (Phi) is 4.62. The summed E-state index contributed by atoms with van der Waals surface area (Å²) in [4.78, 5) is 0. The first-order valence-electron chi connectivity index (χ1n) is 6.38. The van der Waals surface area contributed by atoms with Gasteiger partial charge in [-0.3, -0.25) is 0 Å². The third-order valence-corrected chi connectivity index (χ3v) is 3.25. The molecule has 0 spiro atoms. The van der Waals surface area contributed by atoms with Crippen LogP contribution in [0.4, 0.5) is 0 Å². The van der Waals surface area contributed by atoms with Crippen molar-refractivity contribution < 1.29 is 9.47 Å². The molecule has 1 unspecified atom stereocenters. The number of aromatic nitrogens is 4. The second-order valence-corrected chi connectivity index (χ2v) is 4.62. The fraction of sp³-hybridized carbons (Fsp3) is 0.909. The Balaban J connectivity index is 1.98. The number of tetrazole rings is 1. The molecule has 7 heteroatoms. The van der Waals surface area contributed by atoms with Gasteiger partial charge < -0.3 is 14.8 Å². The molecule has 0 bridgehead atoms. The molecule has 18 heavy (non-hydrogen) atoms. The summed E-state index contributed by atoms with van der Waals surface area (Å²) in [5.74, 6) is 0.840. The molecule has 1 saturated heterocycles. The van der Waals surface area contributed by atoms with Gasteiger partial charge in [0, 0.05) is 20.1 Å². The maximum Gasteiger partial charge on any atom is 0.165 e. The molecule has 1 fully saturated rings. The smallest absolute Gasteiger partial charge is 0.165 e. The van der Waals surface area contributed by atoms with Gasteiger partial charge >= 0.3 is 0 Å². The van der Waals surface area contributed by atoms with Crippen molar-refractivity contribution in [3.05, 3.63) is 5.82 Å². The summed E-state index contributed by atoms with van der Waals surface area (Å²) in [5.41, 5.74) is -0.283. The minimum Gasteiger partial charge on any atom is -0.378 e. The molecule has 0 saturated carbocycles. The van der Waals surface area contributed by atoms with Crippen molar-refractivity contribution in [3.63, 3.8) is 0 Å². The van der Waals surface area contributed by atoms with Crippen LogP contribution in [-0.2, 0) is 22.6 Å². The van der Waals surface area contributed by atoms with E-state index in [4.69, 9.17) is 9.47 Å². The van der Waals surface area contributed by atoms with Crippen molar-refractivity contribution in [2.45, 2.75) is 38.5 Å². The number of methoxy groups -OCH3 is 1. The molecule has 1 atom stereocenters. The summed E-state index contributed by atoms with van der Waals surface area (Å²) in [5, 5.41) is 15.1. The first-order chi connectivity index (χ1) is 8.79. The van der Waals surface area contributed by atoms with Gasteiger partial charge in [0.2, 0.25) is 0 Å². The number of nitrogens with one attached hydrogen (secondary N) is 1. The topological polar surface area (TPSA) is 74.1 Å². The molecule has 7 nitrogen and oxygen atoms in total. The third kappa shape index (κ3) is 3.04. The lowest BCUT2D eigenvalue weighted by molar-refractivity contribution is -0.0327. The molecular weight excluding hydrogens is 234 g/mol. The highest BCUT2D eigenvalue weighted by Gasteiger charge is 2.36. The lowest BCUT2D eigenvalue weighted by Gasteiger charge is -2.25. The van der Waals surface area contributed by atoms with E-state index in [0.29, 0.717) is 19.7 Å². The Morgan fingerprint density at radius 2 is 2.44 bits per heavy atom. The van der Waals surface area contributed by atoms with Gasteiger partial charge in [0.15, 0.2) is 5.82 Å². The van der Waals surface area contributed by atoms with Crippen molar-refractivity contribution in [3.8, 4) is 0 Å². The van der Waals surface area contributed by atoms with Gasteiger partial charge in [-0.2, -0.15) is 0 Å². The molecule has 2 rings (SSSR count). The van der Waals surface area contributed by atoms with E-state index in [-0.39, 0.29) is 5.60 Å². The molecule has 0 radical (unpaired) electrons. The first kappa shape index (κ1) is 13.4. The Bertz CT molecular complexity index is 362. The number of nitrogens with zero attached hydrogens (tertiary/aromatic N) is 4. The van der Waals surface area contributed by atoms with E-state index in [9.17, 15) is 0 Å². The molecule has 0 aliphatic carbocycles. The standard InChI is InChI=1S/C11H21N5O2/c1-3-5-12-7-10-13-14-15-16(10)8-11(17-2)4-6-18-9-11/h12H,3-9H2,1-2H3. The van der Waals surface area contributed by atoms with Crippen molar-refractivity contribution in [1.82, 2.24) is 25.5 Å². The molecule has 1 aliphatic heterocycles. The van der Waals surface area contributed by atoms with Crippen LogP contribution >= 0.6 is 0 Å². The molecule has 102 valence electrons. The zero-order valence-electron chi connectivity index (χ0n) is 11.1. The van der Waals surface area contributed by atoms with Gasteiger partial charge in [-0.1, -0.05) is 6.92 Å². The van der Waals surface area contributed by atoms with Crippen molar-refractivity contribution in [2.24, 2.45) is 0 Å². The van der Waals surface area contributed by atoms with Crippen LogP contribution in [0.2, 0.25) is 0 Å². The number of hydrogen-bond donors (Lipinski definition) is 1. The maximum absolute atomic E-state index is 5.59. The number of hydrogen-bond acceptors (Lipinski definition) is 6. The minimum atomic E-state index is -0.283. The highest BCUT2D eigenvalue weighted by Crippen LogP contribution is 2.24. The molecular formula is C11H21N5O2. The van der Waals surface area contributed by atoms with Gasteiger partial charge in [0.05, 0.1) is 19.7 Å². The van der Waals surface area contributed by atoms with Crippen LogP contribution in [-0.4, -0.2) is 52.7 Å². The summed E-state index contributed by atoms with van der Waals surface area (Å²) in [7, 11) is 1.72. The molecule has 0 amide bonds. The van der Waals surface area contributed by atoms with Crippen molar-refractivity contribution >= 4 is 0 Å². The largest absolute Gasteiger partial charge is 0.378 e. The SMILES string of the molecule is CCCNCc1nnnn1CC1(OC)CCOC1. The Labute approximate surface area is 107 Å². The summed E-state index contributed by atoms with van der Waals surface area (Å²) in [6.07, 6.45) is 1.97. The van der Waals surface area contributed by atoms with Crippen LogP contribution in [0.25, 0.3) is 0 Å². The quantitative estimate of drug-likeness (QED) is 0.690. The van der Waals surface area contributed by atoms with E-state index in [0.717, 1.165) is 31.8 Å². The predicted octanol–water partition coefficient (Wildman–Crippen LogP) is -0.0218. The van der Waals surface area contributed by atoms with Gasteiger partial charge in [0.1, 0.15) is 5.60 Å². The average Bonchev–Trinajstić information content (AvgIpc) is 3.01. The molecule has 1 aromatic rings. The summed E-state index contributed by atoms with van der Waals surface area (Å²) < 4.78 is 12.8. The monoisotopic (exact) mass is 255 g/mol. The first-order valence-corrected chi connectivity index (χ1v) is 6.38. The van der Waals surface area contributed by atoms with E-state index in [1.54, 1.807) is 11.8 Å². The highest BCUT2D eigenvalue weighted by molar-refractivity contribution is 4.89. The van der Waals surface area contributed by atoms with E-state index < -0.39 is 0 Å². The van der Waals surface area contributed by atoms with E-state index >= 15 is 0 Å². The zero-order chi connectivity index (χ0) is 12.8. The van der Waals surface area contributed by atoms with Gasteiger partial charge in [-0.15, -0.1) is 5.10 Å². The lowest BCUT2D eigenvalue weighted by atomic mass is 10.0. The van der Waals surface area contributed by atoms with E-state index in [1.807, 2.05) is 0 Å². The minimum absolute atomic E-state index is 0.283. The van der Waals surface area contributed by atoms with Crippen LogP contribution in [0, 0.1) is 0 Å². The van der Waals surface area contributed by atoms with Crippen molar-refractivity contribution in [1.29, 1.82) is 0 Å². The second-order valence-electron chi connectivity index (χ2n) is 4.62. The molecule has 1 aliphatic rings. The molecule has 0 aromatic carbocycles. The molecule has 1 N–H and O–H groups in total. The van der Waals surface area contributed by atoms with Crippen LogP contribution in [0.15, 0.2) is 0 Å².